The van der Waals surface area contributed by atoms with E-state index in [1.54, 1.807) is 25.6 Å². The van der Waals surface area contributed by atoms with Crippen LogP contribution in [0.1, 0.15) is 41.5 Å². The van der Waals surface area contributed by atoms with Gasteiger partial charge in [-0.15, -0.1) is 0 Å². The summed E-state index contributed by atoms with van der Waals surface area (Å²) in [5.41, 5.74) is 1.52. The Morgan fingerprint density at radius 1 is 1.32 bits per heavy atom. The third-order valence-corrected chi connectivity index (χ3v) is 3.52. The molecule has 0 spiro atoms. The largest absolute Gasteiger partial charge is 0.449 e. The Bertz CT molecular complexity index is 619. The van der Waals surface area contributed by atoms with Crippen LogP contribution in [0.15, 0.2) is 0 Å². The van der Waals surface area contributed by atoms with Crippen molar-refractivity contribution in [1.82, 2.24) is 20.4 Å². The molecule has 2 rings (SSSR count). The molecular weight excluding hydrogens is 288 g/mol. The van der Waals surface area contributed by atoms with Gasteiger partial charge in [-0.3, -0.25) is 14.8 Å². The van der Waals surface area contributed by atoms with Crippen molar-refractivity contribution in [3.63, 3.8) is 0 Å². The highest BCUT2D eigenvalue weighted by Crippen LogP contribution is 2.18. The normalized spacial score (nSPS) is 15.1. The van der Waals surface area contributed by atoms with Gasteiger partial charge in [0.15, 0.2) is 6.10 Å². The van der Waals surface area contributed by atoms with Crippen LogP contribution < -0.4 is 10.6 Å². The second-order valence-electron chi connectivity index (χ2n) is 5.45. The third kappa shape index (κ3) is 3.63. The zero-order valence-corrected chi connectivity index (χ0v) is 13.1. The number of ether oxygens (including phenoxy) is 1. The Kier molecular flexibility index (Phi) is 4.48. The van der Waals surface area contributed by atoms with Crippen molar-refractivity contribution in [2.24, 2.45) is 7.05 Å². The number of imide groups is 1. The predicted octanol–water partition coefficient (Wildman–Crippen LogP) is 0.570. The van der Waals surface area contributed by atoms with Gasteiger partial charge < -0.3 is 10.1 Å². The molecule has 8 nitrogen and oxygen atoms in total. The number of nitrogens with one attached hydrogen (secondary N) is 2. The molecule has 1 aliphatic rings. The first kappa shape index (κ1) is 16.0. The van der Waals surface area contributed by atoms with Crippen LogP contribution in [0.25, 0.3) is 0 Å². The lowest BCUT2D eigenvalue weighted by Crippen LogP contribution is -2.45. The second-order valence-corrected chi connectivity index (χ2v) is 5.45. The van der Waals surface area contributed by atoms with Gasteiger partial charge in [0.05, 0.1) is 5.69 Å². The number of urea groups is 1. The number of esters is 1. The molecule has 0 saturated heterocycles. The van der Waals surface area contributed by atoms with E-state index in [4.69, 9.17) is 4.74 Å². The molecule has 0 aromatic carbocycles. The topological polar surface area (TPSA) is 102 Å². The Morgan fingerprint density at radius 3 is 2.45 bits per heavy atom. The fourth-order valence-corrected chi connectivity index (χ4v) is 2.00. The summed E-state index contributed by atoms with van der Waals surface area (Å²) in [5.74, 6) is -1.29. The molecule has 8 heteroatoms. The summed E-state index contributed by atoms with van der Waals surface area (Å²) in [7, 11) is 1.72. The first-order chi connectivity index (χ1) is 10.3. The molecule has 2 N–H and O–H groups in total. The van der Waals surface area contributed by atoms with Crippen molar-refractivity contribution in [3.05, 3.63) is 17.0 Å². The van der Waals surface area contributed by atoms with Gasteiger partial charge in [-0.2, -0.15) is 5.10 Å². The summed E-state index contributed by atoms with van der Waals surface area (Å²) in [5, 5.41) is 8.90. The highest BCUT2D eigenvalue weighted by Gasteiger charge is 2.27. The van der Waals surface area contributed by atoms with Crippen molar-refractivity contribution in [2.45, 2.75) is 45.8 Å². The van der Waals surface area contributed by atoms with Crippen LogP contribution >= 0.6 is 0 Å². The molecule has 1 aromatic rings. The first-order valence-corrected chi connectivity index (χ1v) is 7.12. The minimum absolute atomic E-state index is 0.145. The van der Waals surface area contributed by atoms with E-state index < -0.39 is 24.0 Å². The van der Waals surface area contributed by atoms with Crippen LogP contribution in [0.5, 0.6) is 0 Å². The Balaban J connectivity index is 1.92. The zero-order valence-electron chi connectivity index (χ0n) is 13.1. The number of aromatic nitrogens is 2. The number of hydrogen-bond acceptors (Lipinski definition) is 5. The maximum absolute atomic E-state index is 12.1. The van der Waals surface area contributed by atoms with Gasteiger partial charge in [0.25, 0.3) is 5.91 Å². The van der Waals surface area contributed by atoms with Crippen LogP contribution in [0, 0.1) is 13.8 Å². The molecule has 1 fully saturated rings. The van der Waals surface area contributed by atoms with E-state index in [0.717, 1.165) is 12.8 Å². The Morgan fingerprint density at radius 2 is 1.95 bits per heavy atom. The number of rotatable bonds is 4. The summed E-state index contributed by atoms with van der Waals surface area (Å²) in [6.45, 7) is 4.85. The van der Waals surface area contributed by atoms with Gasteiger partial charge in [-0.05, 0) is 33.6 Å². The van der Waals surface area contributed by atoms with Gasteiger partial charge in [0.1, 0.15) is 5.56 Å². The number of amides is 3. The highest BCUT2D eigenvalue weighted by molar-refractivity contribution is 5.99. The Labute approximate surface area is 128 Å². The molecule has 0 aliphatic heterocycles. The highest BCUT2D eigenvalue weighted by atomic mass is 16.5. The second kappa shape index (κ2) is 6.17. The van der Waals surface area contributed by atoms with E-state index in [1.807, 2.05) is 0 Å². The maximum atomic E-state index is 12.1. The number of carbonyl (C=O) groups is 3. The lowest BCUT2D eigenvalue weighted by molar-refractivity contribution is -0.127. The summed E-state index contributed by atoms with van der Waals surface area (Å²) < 4.78 is 6.68. The van der Waals surface area contributed by atoms with E-state index in [2.05, 4.69) is 15.7 Å². The maximum Gasteiger partial charge on any atom is 0.342 e. The molecule has 0 bridgehead atoms. The molecule has 3 amide bonds. The fourth-order valence-electron chi connectivity index (χ4n) is 2.00. The molecule has 1 heterocycles. The van der Waals surface area contributed by atoms with Gasteiger partial charge >= 0.3 is 12.0 Å². The van der Waals surface area contributed by atoms with Gasteiger partial charge in [-0.25, -0.2) is 9.59 Å². The van der Waals surface area contributed by atoms with E-state index in [9.17, 15) is 14.4 Å². The van der Waals surface area contributed by atoms with Crippen molar-refractivity contribution >= 4 is 17.9 Å². The third-order valence-electron chi connectivity index (χ3n) is 3.52. The average molecular weight is 308 g/mol. The SMILES string of the molecule is Cc1nn(C)c(C)c1C(=O)O[C@@H](C)C(=O)NC(=O)NC1CC1. The van der Waals surface area contributed by atoms with Crippen LogP contribution in [-0.2, 0) is 16.6 Å². The first-order valence-electron chi connectivity index (χ1n) is 7.12. The monoisotopic (exact) mass is 308 g/mol. The number of aryl methyl sites for hydroxylation is 2. The molecule has 1 atom stereocenters. The molecule has 1 saturated carbocycles. The van der Waals surface area contributed by atoms with Crippen molar-refractivity contribution in [1.29, 1.82) is 0 Å². The van der Waals surface area contributed by atoms with Crippen LogP contribution in [0.3, 0.4) is 0 Å². The van der Waals surface area contributed by atoms with E-state index in [1.165, 1.54) is 6.92 Å². The molecule has 120 valence electrons. The standard InChI is InChI=1S/C14H20N4O4/c1-7-11(8(2)18(4)17-7)13(20)22-9(3)12(19)16-14(21)15-10-5-6-10/h9-10H,5-6H2,1-4H3,(H2,15,16,19,21)/t9-/m0/s1. The minimum Gasteiger partial charge on any atom is -0.449 e. The molecule has 22 heavy (non-hydrogen) atoms. The number of nitrogens with zero attached hydrogens (tertiary/aromatic N) is 2. The predicted molar refractivity (Wildman–Crippen MR) is 77.3 cm³/mol. The summed E-state index contributed by atoms with van der Waals surface area (Å²) in [4.78, 5) is 35.4. The lowest BCUT2D eigenvalue weighted by Gasteiger charge is -2.13. The van der Waals surface area contributed by atoms with Crippen molar-refractivity contribution in [3.8, 4) is 0 Å². The molecule has 0 radical (unpaired) electrons. The molecule has 1 aromatic heterocycles. The zero-order chi connectivity index (χ0) is 16.4. The smallest absolute Gasteiger partial charge is 0.342 e. The van der Waals surface area contributed by atoms with Crippen LogP contribution in [0.4, 0.5) is 4.79 Å². The van der Waals surface area contributed by atoms with Crippen LogP contribution in [0.2, 0.25) is 0 Å². The van der Waals surface area contributed by atoms with E-state index >= 15 is 0 Å². The molecule has 1 aliphatic carbocycles. The average Bonchev–Trinajstić information content (AvgIpc) is 3.17. The number of hydrogen-bond donors (Lipinski definition) is 2. The molecule has 0 unspecified atom stereocenters. The van der Waals surface area contributed by atoms with Gasteiger partial charge in [0, 0.05) is 18.8 Å². The minimum atomic E-state index is -1.07. The lowest BCUT2D eigenvalue weighted by atomic mass is 10.2. The fraction of sp³-hybridized carbons (Fsp3) is 0.571. The van der Waals surface area contributed by atoms with Crippen LogP contribution in [-0.4, -0.2) is 39.8 Å². The van der Waals surface area contributed by atoms with Gasteiger partial charge in [0.2, 0.25) is 0 Å². The summed E-state index contributed by atoms with van der Waals surface area (Å²) >= 11 is 0. The van der Waals surface area contributed by atoms with Crippen molar-refractivity contribution < 1.29 is 19.1 Å². The summed E-state index contributed by atoms with van der Waals surface area (Å²) in [6.07, 6.45) is 0.772. The summed E-state index contributed by atoms with van der Waals surface area (Å²) in [6, 6.07) is -0.421. The number of carbonyl (C=O) groups excluding carboxylic acids is 3. The van der Waals surface area contributed by atoms with Gasteiger partial charge in [-0.1, -0.05) is 0 Å². The van der Waals surface area contributed by atoms with Crippen molar-refractivity contribution in [2.75, 3.05) is 0 Å². The van der Waals surface area contributed by atoms with E-state index in [-0.39, 0.29) is 6.04 Å². The molecular formula is C14H20N4O4. The quantitative estimate of drug-likeness (QED) is 0.792. The Hall–Kier alpha value is -2.38. The van der Waals surface area contributed by atoms with E-state index in [0.29, 0.717) is 17.0 Å².